The van der Waals surface area contributed by atoms with Crippen LogP contribution in [0.25, 0.3) is 22.4 Å². The van der Waals surface area contributed by atoms with Crippen molar-refractivity contribution in [3.8, 4) is 17.5 Å². The van der Waals surface area contributed by atoms with Gasteiger partial charge < -0.3 is 9.09 Å². The number of nitrogens with zero attached hydrogens (tertiary/aromatic N) is 4. The highest BCUT2D eigenvalue weighted by Crippen LogP contribution is 2.39. The van der Waals surface area contributed by atoms with Gasteiger partial charge in [-0.25, -0.2) is 4.39 Å². The normalized spacial score (nSPS) is 12.3. The Morgan fingerprint density at radius 3 is 2.39 bits per heavy atom. The number of alkyl halides is 6. The van der Waals surface area contributed by atoms with Crippen molar-refractivity contribution in [3.63, 3.8) is 0 Å². The molecule has 5 nitrogen and oxygen atoms in total. The van der Waals surface area contributed by atoms with Gasteiger partial charge in [-0.2, -0.15) is 36.6 Å². The number of benzene rings is 2. The lowest BCUT2D eigenvalue weighted by atomic mass is 10.0. The van der Waals surface area contributed by atoms with Crippen LogP contribution in [0, 0.1) is 24.1 Å². The molecule has 0 unspecified atom stereocenters. The predicted octanol–water partition coefficient (Wildman–Crippen LogP) is 6.10. The summed E-state index contributed by atoms with van der Waals surface area (Å²) in [5, 5.41) is 12.5. The number of nitriles is 1. The van der Waals surface area contributed by atoms with Gasteiger partial charge in [0.15, 0.2) is 5.82 Å². The van der Waals surface area contributed by atoms with Gasteiger partial charge in [0.1, 0.15) is 5.82 Å². The predicted molar refractivity (Wildman–Crippen MR) is 100 cm³/mol. The van der Waals surface area contributed by atoms with Crippen LogP contribution in [-0.4, -0.2) is 14.7 Å². The molecule has 0 atom stereocenters. The zero-order valence-electron chi connectivity index (χ0n) is 16.5. The van der Waals surface area contributed by atoms with Crippen LogP contribution in [-0.2, 0) is 18.9 Å². The molecule has 0 N–H and O–H groups in total. The summed E-state index contributed by atoms with van der Waals surface area (Å²) in [5.74, 6) is -1.62. The molecule has 33 heavy (non-hydrogen) atoms. The van der Waals surface area contributed by atoms with Crippen molar-refractivity contribution >= 4 is 10.9 Å². The Morgan fingerprint density at radius 1 is 1.03 bits per heavy atom. The Hall–Kier alpha value is -3.88. The molecule has 4 aromatic rings. The smallest absolute Gasteiger partial charge is 0.337 e. The van der Waals surface area contributed by atoms with Gasteiger partial charge in [-0.05, 0) is 43.3 Å². The molecule has 0 spiro atoms. The van der Waals surface area contributed by atoms with Gasteiger partial charge in [-0.1, -0.05) is 5.16 Å². The van der Waals surface area contributed by atoms with E-state index in [4.69, 9.17) is 9.78 Å². The first-order valence-electron chi connectivity index (χ1n) is 9.20. The lowest BCUT2D eigenvalue weighted by Crippen LogP contribution is -2.09. The first kappa shape index (κ1) is 22.3. The fourth-order valence-electron chi connectivity index (χ4n) is 3.51. The van der Waals surface area contributed by atoms with Crippen LogP contribution >= 0.6 is 0 Å². The highest BCUT2D eigenvalue weighted by atomic mass is 19.4. The summed E-state index contributed by atoms with van der Waals surface area (Å²) >= 11 is 0. The summed E-state index contributed by atoms with van der Waals surface area (Å²) < 4.78 is 99.9. The van der Waals surface area contributed by atoms with E-state index in [1.165, 1.54) is 29.7 Å². The lowest BCUT2D eigenvalue weighted by molar-refractivity contribution is -0.138. The van der Waals surface area contributed by atoms with E-state index in [-0.39, 0.29) is 23.3 Å². The van der Waals surface area contributed by atoms with Gasteiger partial charge in [0, 0.05) is 16.6 Å². The maximum Gasteiger partial charge on any atom is 0.418 e. The fourth-order valence-corrected chi connectivity index (χ4v) is 3.51. The van der Waals surface area contributed by atoms with Crippen molar-refractivity contribution in [1.82, 2.24) is 14.7 Å². The third-order valence-corrected chi connectivity index (χ3v) is 4.99. The zero-order chi connectivity index (χ0) is 24.1. The Labute approximate surface area is 180 Å². The molecular formula is C21H11F7N4O. The summed E-state index contributed by atoms with van der Waals surface area (Å²) in [4.78, 5) is 3.91. The molecular weight excluding hydrogens is 457 g/mol. The van der Waals surface area contributed by atoms with Gasteiger partial charge in [0.05, 0.1) is 34.9 Å². The first-order valence-corrected chi connectivity index (χ1v) is 9.20. The average molecular weight is 468 g/mol. The summed E-state index contributed by atoms with van der Waals surface area (Å²) in [6, 6.07) is 6.89. The minimum absolute atomic E-state index is 0.0969. The molecule has 0 aliphatic heterocycles. The molecule has 0 bridgehead atoms. The third-order valence-electron chi connectivity index (χ3n) is 4.99. The van der Waals surface area contributed by atoms with E-state index in [0.29, 0.717) is 23.9 Å². The minimum atomic E-state index is -4.77. The van der Waals surface area contributed by atoms with Crippen LogP contribution in [0.4, 0.5) is 30.7 Å². The molecule has 2 heterocycles. The summed E-state index contributed by atoms with van der Waals surface area (Å²) in [5.41, 5.74) is -2.77. The quantitative estimate of drug-likeness (QED) is 0.341. The van der Waals surface area contributed by atoms with Crippen molar-refractivity contribution in [2.75, 3.05) is 0 Å². The molecule has 0 radical (unpaired) electrons. The molecule has 0 saturated heterocycles. The van der Waals surface area contributed by atoms with Gasteiger partial charge in [0.2, 0.25) is 0 Å². The number of fused-ring (bicyclic) bond motifs is 1. The number of hydrogen-bond donors (Lipinski definition) is 0. The zero-order valence-corrected chi connectivity index (χ0v) is 16.5. The van der Waals surface area contributed by atoms with E-state index in [9.17, 15) is 30.7 Å². The van der Waals surface area contributed by atoms with Gasteiger partial charge >= 0.3 is 12.4 Å². The monoisotopic (exact) mass is 468 g/mol. The third kappa shape index (κ3) is 4.02. The molecule has 2 aromatic heterocycles. The van der Waals surface area contributed by atoms with Crippen LogP contribution in [0.3, 0.4) is 0 Å². The highest BCUT2D eigenvalue weighted by Gasteiger charge is 2.36. The Morgan fingerprint density at radius 2 is 1.76 bits per heavy atom. The molecule has 0 aliphatic rings. The number of hydrogen-bond acceptors (Lipinski definition) is 4. The van der Waals surface area contributed by atoms with Crippen LogP contribution in [0.2, 0.25) is 0 Å². The second kappa shape index (κ2) is 7.61. The molecule has 2 aromatic carbocycles. The van der Waals surface area contributed by atoms with Crippen LogP contribution in [0.5, 0.6) is 0 Å². The Balaban J connectivity index is 1.75. The van der Waals surface area contributed by atoms with Crippen molar-refractivity contribution in [1.29, 1.82) is 5.26 Å². The Bertz CT molecular complexity index is 1410. The number of aromatic nitrogens is 3. The standard InChI is InChI=1S/C21H11F7N4O/c1-10-6-14-16(5-2-11(8-29)18(14)21(26,27)28)32(10)9-17-30-19(33-31-17)13-7-12(20(23,24)25)3-4-15(13)22/h2-7H,9H2,1H3. The molecule has 4 rings (SSSR count). The summed E-state index contributed by atoms with van der Waals surface area (Å²) in [6.45, 7) is 1.32. The number of aryl methyl sites for hydroxylation is 1. The molecule has 12 heteroatoms. The molecule has 0 aliphatic carbocycles. The molecule has 0 fully saturated rings. The first-order chi connectivity index (χ1) is 15.4. The number of halogens is 7. The largest absolute Gasteiger partial charge is 0.418 e. The van der Waals surface area contributed by atoms with Crippen LogP contribution in [0.15, 0.2) is 40.9 Å². The summed E-state index contributed by atoms with van der Waals surface area (Å²) in [7, 11) is 0. The van der Waals surface area contributed by atoms with E-state index in [1.54, 1.807) is 0 Å². The van der Waals surface area contributed by atoms with Crippen LogP contribution < -0.4 is 0 Å². The number of rotatable bonds is 3. The second-order valence-corrected chi connectivity index (χ2v) is 7.11. The van der Waals surface area contributed by atoms with Crippen molar-refractivity contribution in [3.05, 3.63) is 70.4 Å². The van der Waals surface area contributed by atoms with Crippen LogP contribution in [0.1, 0.15) is 28.2 Å². The molecule has 170 valence electrons. The second-order valence-electron chi connectivity index (χ2n) is 7.11. The fraction of sp³-hybridized carbons (Fsp3) is 0.190. The van der Waals surface area contributed by atoms with E-state index in [1.807, 2.05) is 0 Å². The molecule has 0 amide bonds. The maximum absolute atomic E-state index is 14.1. The van der Waals surface area contributed by atoms with E-state index >= 15 is 0 Å². The van der Waals surface area contributed by atoms with Gasteiger partial charge in [-0.15, -0.1) is 0 Å². The van der Waals surface area contributed by atoms with E-state index < -0.39 is 46.3 Å². The van der Waals surface area contributed by atoms with Crippen molar-refractivity contribution < 1.29 is 35.3 Å². The minimum Gasteiger partial charge on any atom is -0.337 e. The maximum atomic E-state index is 14.1. The summed E-state index contributed by atoms with van der Waals surface area (Å²) in [6.07, 6.45) is -9.49. The van der Waals surface area contributed by atoms with Gasteiger partial charge in [-0.3, -0.25) is 0 Å². The van der Waals surface area contributed by atoms with E-state index in [0.717, 1.165) is 6.07 Å². The lowest BCUT2D eigenvalue weighted by Gasteiger charge is -2.11. The van der Waals surface area contributed by atoms with Crippen molar-refractivity contribution in [2.24, 2.45) is 0 Å². The highest BCUT2D eigenvalue weighted by molar-refractivity contribution is 5.87. The topological polar surface area (TPSA) is 67.6 Å². The SMILES string of the molecule is Cc1cc2c(C(F)(F)F)c(C#N)ccc2n1Cc1noc(-c2cc(C(F)(F)F)ccc2F)n1. The van der Waals surface area contributed by atoms with Gasteiger partial charge in [0.25, 0.3) is 5.89 Å². The average Bonchev–Trinajstić information content (AvgIpc) is 3.30. The molecule has 0 saturated carbocycles. The Kier molecular flexibility index (Phi) is 5.15. The van der Waals surface area contributed by atoms with Crippen molar-refractivity contribution in [2.45, 2.75) is 25.8 Å². The van der Waals surface area contributed by atoms with E-state index in [2.05, 4.69) is 10.1 Å².